The summed E-state index contributed by atoms with van der Waals surface area (Å²) in [7, 11) is 1.37. The highest BCUT2D eigenvalue weighted by Crippen LogP contribution is 2.05. The van der Waals surface area contributed by atoms with Gasteiger partial charge in [-0.3, -0.25) is 9.59 Å². The second kappa shape index (κ2) is 6.08. The van der Waals surface area contributed by atoms with E-state index in [1.54, 1.807) is 0 Å². The summed E-state index contributed by atoms with van der Waals surface area (Å²) in [5, 5.41) is 2.68. The minimum absolute atomic E-state index is 0.000411. The maximum Gasteiger partial charge on any atom is 0.287 e. The molecule has 0 aliphatic carbocycles. The predicted molar refractivity (Wildman–Crippen MR) is 63.3 cm³/mol. The van der Waals surface area contributed by atoms with Crippen molar-refractivity contribution in [1.29, 1.82) is 0 Å². The summed E-state index contributed by atoms with van der Waals surface area (Å²) in [5.41, 5.74) is -0.368. The molecule has 0 bridgehead atoms. The van der Waals surface area contributed by atoms with Crippen molar-refractivity contribution in [1.82, 2.24) is 5.32 Å². The van der Waals surface area contributed by atoms with Crippen molar-refractivity contribution in [3.05, 3.63) is 28.3 Å². The molecular weight excluding hydrogens is 222 g/mol. The molecule has 1 heterocycles. The van der Waals surface area contributed by atoms with Crippen LogP contribution in [0.2, 0.25) is 0 Å². The highest BCUT2D eigenvalue weighted by Gasteiger charge is 2.11. The summed E-state index contributed by atoms with van der Waals surface area (Å²) in [6.07, 6.45) is 2.02. The molecule has 1 aromatic rings. The van der Waals surface area contributed by atoms with E-state index in [0.717, 1.165) is 18.8 Å². The van der Waals surface area contributed by atoms with Gasteiger partial charge in [0.2, 0.25) is 11.2 Å². The molecule has 17 heavy (non-hydrogen) atoms. The lowest BCUT2D eigenvalue weighted by atomic mass is 10.1. The Balaban J connectivity index is 2.64. The lowest BCUT2D eigenvalue weighted by molar-refractivity contribution is 0.0921. The third-order valence-electron chi connectivity index (χ3n) is 2.25. The molecule has 1 amide bonds. The molecule has 0 saturated carbocycles. The number of hydrogen-bond acceptors (Lipinski definition) is 4. The molecule has 1 N–H and O–H groups in total. The molecular formula is C12H17NO4. The van der Waals surface area contributed by atoms with E-state index in [1.165, 1.54) is 7.11 Å². The molecule has 0 aromatic carbocycles. The number of nitrogens with one attached hydrogen (secondary N) is 1. The standard InChI is InChI=1S/C12H17NO4/c1-8(2)4-5-13-12(15)10-6-9(14)11(16-3)7-17-10/h6-8H,4-5H2,1-3H3,(H,13,15). The quantitative estimate of drug-likeness (QED) is 0.843. The second-order valence-corrected chi connectivity index (χ2v) is 4.12. The highest BCUT2D eigenvalue weighted by molar-refractivity contribution is 5.91. The van der Waals surface area contributed by atoms with Crippen LogP contribution in [0.4, 0.5) is 0 Å². The predicted octanol–water partition coefficient (Wildman–Crippen LogP) is 1.42. The zero-order valence-corrected chi connectivity index (χ0v) is 10.3. The van der Waals surface area contributed by atoms with Crippen molar-refractivity contribution in [3.8, 4) is 5.75 Å². The topological polar surface area (TPSA) is 68.5 Å². The third-order valence-corrected chi connectivity index (χ3v) is 2.25. The zero-order chi connectivity index (χ0) is 12.8. The van der Waals surface area contributed by atoms with Crippen molar-refractivity contribution < 1.29 is 13.9 Å². The van der Waals surface area contributed by atoms with Crippen molar-refractivity contribution in [2.45, 2.75) is 20.3 Å². The Morgan fingerprint density at radius 3 is 2.76 bits per heavy atom. The summed E-state index contributed by atoms with van der Waals surface area (Å²) in [4.78, 5) is 23.0. The van der Waals surface area contributed by atoms with Crippen LogP contribution in [0, 0.1) is 5.92 Å². The van der Waals surface area contributed by atoms with Crippen LogP contribution in [0.15, 0.2) is 21.5 Å². The molecule has 1 rings (SSSR count). The van der Waals surface area contributed by atoms with E-state index < -0.39 is 0 Å². The van der Waals surface area contributed by atoms with E-state index in [-0.39, 0.29) is 22.8 Å². The van der Waals surface area contributed by atoms with Gasteiger partial charge in [-0.2, -0.15) is 0 Å². The minimum atomic E-state index is -0.384. The van der Waals surface area contributed by atoms with Crippen LogP contribution >= 0.6 is 0 Å². The molecule has 0 aliphatic heterocycles. The third kappa shape index (κ3) is 3.94. The molecule has 1 aromatic heterocycles. The first-order valence-corrected chi connectivity index (χ1v) is 5.49. The molecule has 0 radical (unpaired) electrons. The molecule has 94 valence electrons. The van der Waals surface area contributed by atoms with E-state index >= 15 is 0 Å². The molecule has 0 saturated heterocycles. The van der Waals surface area contributed by atoms with Gasteiger partial charge in [0.25, 0.3) is 5.91 Å². The van der Waals surface area contributed by atoms with Crippen molar-refractivity contribution in [3.63, 3.8) is 0 Å². The first-order valence-electron chi connectivity index (χ1n) is 5.49. The zero-order valence-electron chi connectivity index (χ0n) is 10.3. The average Bonchev–Trinajstić information content (AvgIpc) is 2.28. The summed E-state index contributed by atoms with van der Waals surface area (Å²) >= 11 is 0. The van der Waals surface area contributed by atoms with Crippen LogP contribution < -0.4 is 15.5 Å². The summed E-state index contributed by atoms with van der Waals surface area (Å²) in [6.45, 7) is 4.70. The number of carbonyl (C=O) groups excluding carboxylic acids is 1. The Labute approximate surface area is 99.8 Å². The van der Waals surface area contributed by atoms with Crippen LogP contribution in [-0.4, -0.2) is 19.6 Å². The summed E-state index contributed by atoms with van der Waals surface area (Å²) in [5.74, 6) is 0.215. The fourth-order valence-corrected chi connectivity index (χ4v) is 1.23. The van der Waals surface area contributed by atoms with Crippen molar-refractivity contribution in [2.75, 3.05) is 13.7 Å². The number of amides is 1. The Morgan fingerprint density at radius 2 is 2.24 bits per heavy atom. The molecule has 0 unspecified atom stereocenters. The van der Waals surface area contributed by atoms with Crippen LogP contribution in [0.25, 0.3) is 0 Å². The first-order chi connectivity index (χ1) is 8.04. The number of methoxy groups -OCH3 is 1. The number of carbonyl (C=O) groups is 1. The molecule has 0 fully saturated rings. The second-order valence-electron chi connectivity index (χ2n) is 4.12. The van der Waals surface area contributed by atoms with E-state index in [1.807, 2.05) is 0 Å². The van der Waals surface area contributed by atoms with Crippen molar-refractivity contribution in [2.24, 2.45) is 5.92 Å². The van der Waals surface area contributed by atoms with Crippen LogP contribution in [0.3, 0.4) is 0 Å². The van der Waals surface area contributed by atoms with Crippen LogP contribution in [-0.2, 0) is 0 Å². The van der Waals surface area contributed by atoms with Gasteiger partial charge in [0.05, 0.1) is 7.11 Å². The normalized spacial score (nSPS) is 10.4. The Morgan fingerprint density at radius 1 is 1.53 bits per heavy atom. The van der Waals surface area contributed by atoms with Gasteiger partial charge >= 0.3 is 0 Å². The number of hydrogen-bond donors (Lipinski definition) is 1. The number of ether oxygens (including phenoxy) is 1. The summed E-state index contributed by atoms with van der Waals surface area (Å²) < 4.78 is 9.77. The maximum atomic E-state index is 11.6. The van der Waals surface area contributed by atoms with Gasteiger partial charge in [-0.1, -0.05) is 13.8 Å². The van der Waals surface area contributed by atoms with Gasteiger partial charge < -0.3 is 14.5 Å². The van der Waals surface area contributed by atoms with E-state index in [2.05, 4.69) is 19.2 Å². The Hall–Kier alpha value is -1.78. The minimum Gasteiger partial charge on any atom is -0.490 e. The van der Waals surface area contributed by atoms with E-state index in [4.69, 9.17) is 9.15 Å². The largest absolute Gasteiger partial charge is 0.490 e. The van der Waals surface area contributed by atoms with Gasteiger partial charge in [-0.15, -0.1) is 0 Å². The Kier molecular flexibility index (Phi) is 4.75. The van der Waals surface area contributed by atoms with Gasteiger partial charge in [0.1, 0.15) is 6.26 Å². The molecule has 5 heteroatoms. The van der Waals surface area contributed by atoms with E-state index in [9.17, 15) is 9.59 Å². The van der Waals surface area contributed by atoms with E-state index in [0.29, 0.717) is 12.5 Å². The molecule has 0 spiro atoms. The lowest BCUT2D eigenvalue weighted by Gasteiger charge is -2.06. The average molecular weight is 239 g/mol. The fraction of sp³-hybridized carbons (Fsp3) is 0.500. The molecule has 0 aliphatic rings. The van der Waals surface area contributed by atoms with Crippen molar-refractivity contribution >= 4 is 5.91 Å². The maximum absolute atomic E-state index is 11.6. The first kappa shape index (κ1) is 13.3. The number of rotatable bonds is 5. The highest BCUT2D eigenvalue weighted by atomic mass is 16.5. The molecule has 0 atom stereocenters. The van der Waals surface area contributed by atoms with Crippen LogP contribution in [0.1, 0.15) is 30.8 Å². The van der Waals surface area contributed by atoms with Gasteiger partial charge in [0.15, 0.2) is 5.76 Å². The van der Waals surface area contributed by atoms with Crippen LogP contribution in [0.5, 0.6) is 5.75 Å². The van der Waals surface area contributed by atoms with Gasteiger partial charge in [0, 0.05) is 12.6 Å². The monoisotopic (exact) mass is 239 g/mol. The van der Waals surface area contributed by atoms with Gasteiger partial charge in [-0.25, -0.2) is 0 Å². The van der Waals surface area contributed by atoms with Gasteiger partial charge in [-0.05, 0) is 12.3 Å². The SMILES string of the molecule is COc1coc(C(=O)NCCC(C)C)cc1=O. The molecule has 5 nitrogen and oxygen atoms in total. The lowest BCUT2D eigenvalue weighted by Crippen LogP contribution is -2.26. The fourth-order valence-electron chi connectivity index (χ4n) is 1.23. The smallest absolute Gasteiger partial charge is 0.287 e. The summed E-state index contributed by atoms with van der Waals surface area (Å²) in [6, 6.07) is 1.13. The Bertz CT molecular complexity index is 436.